The van der Waals surface area contributed by atoms with E-state index in [4.69, 9.17) is 4.74 Å². The van der Waals surface area contributed by atoms with Gasteiger partial charge in [0.2, 0.25) is 0 Å². The molecule has 2 bridgehead atoms. The Morgan fingerprint density at radius 3 is 2.58 bits per heavy atom. The van der Waals surface area contributed by atoms with E-state index in [2.05, 4.69) is 20.8 Å². The second-order valence-electron chi connectivity index (χ2n) is 8.42. The molecule has 0 heterocycles. The van der Waals surface area contributed by atoms with Crippen molar-refractivity contribution in [3.05, 3.63) is 0 Å². The minimum absolute atomic E-state index is 0.0897. The third-order valence-electron chi connectivity index (χ3n) is 6.56. The number of aliphatic hydroxyl groups excluding tert-OH is 1. The van der Waals surface area contributed by atoms with E-state index >= 15 is 0 Å². The van der Waals surface area contributed by atoms with Crippen LogP contribution in [0.3, 0.4) is 0 Å². The zero-order valence-electron chi connectivity index (χ0n) is 12.9. The van der Waals surface area contributed by atoms with E-state index < -0.39 is 0 Å². The lowest BCUT2D eigenvalue weighted by Gasteiger charge is -2.59. The van der Waals surface area contributed by atoms with Crippen molar-refractivity contribution in [1.82, 2.24) is 0 Å². The zero-order chi connectivity index (χ0) is 13.7. The van der Waals surface area contributed by atoms with Crippen LogP contribution in [-0.2, 0) is 4.74 Å². The first kappa shape index (κ1) is 13.9. The number of hydrogen-bond donors (Lipinski definition) is 1. The molecular formula is C17H30O2. The van der Waals surface area contributed by atoms with Gasteiger partial charge in [0.25, 0.3) is 0 Å². The molecule has 1 N–H and O–H groups in total. The van der Waals surface area contributed by atoms with E-state index in [9.17, 15) is 5.11 Å². The van der Waals surface area contributed by atoms with Crippen LogP contribution in [0.5, 0.6) is 0 Å². The third-order valence-corrected chi connectivity index (χ3v) is 6.56. The Bertz CT molecular complexity index is 351. The predicted molar refractivity (Wildman–Crippen MR) is 77.0 cm³/mol. The lowest BCUT2D eigenvalue weighted by molar-refractivity contribution is -0.195. The van der Waals surface area contributed by atoms with E-state index in [1.54, 1.807) is 0 Å². The number of fused-ring (bicyclic) bond motifs is 4. The van der Waals surface area contributed by atoms with E-state index in [1.165, 1.54) is 44.9 Å². The molecule has 2 nitrogen and oxygen atoms in total. The summed E-state index contributed by atoms with van der Waals surface area (Å²) in [4.78, 5) is 0. The third kappa shape index (κ3) is 2.15. The molecule has 4 atom stereocenters. The fourth-order valence-corrected chi connectivity index (χ4v) is 5.62. The molecule has 4 unspecified atom stereocenters. The summed E-state index contributed by atoms with van der Waals surface area (Å²) in [5, 5.41) is 9.17. The summed E-state index contributed by atoms with van der Waals surface area (Å²) in [5.41, 5.74) is 1.08. The second-order valence-corrected chi connectivity index (χ2v) is 8.42. The summed E-state index contributed by atoms with van der Waals surface area (Å²) in [7, 11) is 0. The van der Waals surface area contributed by atoms with Gasteiger partial charge < -0.3 is 9.84 Å². The van der Waals surface area contributed by atoms with E-state index in [0.717, 1.165) is 11.8 Å². The highest BCUT2D eigenvalue weighted by Gasteiger charge is 2.61. The highest BCUT2D eigenvalue weighted by Crippen LogP contribution is 2.65. The normalized spacial score (nSPS) is 48.0. The van der Waals surface area contributed by atoms with Crippen LogP contribution in [0.1, 0.15) is 65.7 Å². The van der Waals surface area contributed by atoms with Crippen molar-refractivity contribution < 1.29 is 9.84 Å². The van der Waals surface area contributed by atoms with Gasteiger partial charge in [-0.05, 0) is 61.2 Å². The number of hydrogen-bond acceptors (Lipinski definition) is 2. The number of ether oxygens (including phenoxy) is 1. The molecule has 0 amide bonds. The summed E-state index contributed by atoms with van der Waals surface area (Å²) < 4.78 is 6.31. The van der Waals surface area contributed by atoms with Crippen LogP contribution in [0.25, 0.3) is 0 Å². The molecule has 3 aliphatic carbocycles. The second kappa shape index (κ2) is 4.46. The van der Waals surface area contributed by atoms with Crippen molar-refractivity contribution in [1.29, 1.82) is 0 Å². The average molecular weight is 266 g/mol. The van der Waals surface area contributed by atoms with Crippen LogP contribution in [-0.4, -0.2) is 23.9 Å². The van der Waals surface area contributed by atoms with E-state index in [0.29, 0.717) is 17.4 Å². The first-order valence-electron chi connectivity index (χ1n) is 8.16. The van der Waals surface area contributed by atoms with Crippen LogP contribution in [0.15, 0.2) is 0 Å². The molecule has 0 spiro atoms. The van der Waals surface area contributed by atoms with E-state index in [1.807, 2.05) is 0 Å². The van der Waals surface area contributed by atoms with Crippen LogP contribution in [0, 0.1) is 22.7 Å². The molecule has 0 aromatic carbocycles. The first-order chi connectivity index (χ1) is 8.91. The molecule has 3 fully saturated rings. The van der Waals surface area contributed by atoms with Gasteiger partial charge in [-0.2, -0.15) is 0 Å². The van der Waals surface area contributed by atoms with Crippen molar-refractivity contribution in [2.24, 2.45) is 22.7 Å². The molecule has 3 rings (SSSR count). The van der Waals surface area contributed by atoms with Crippen LogP contribution in [0.4, 0.5) is 0 Å². The minimum atomic E-state index is 0.0897. The van der Waals surface area contributed by atoms with Crippen LogP contribution < -0.4 is 0 Å². The van der Waals surface area contributed by atoms with Crippen molar-refractivity contribution in [2.45, 2.75) is 71.3 Å². The van der Waals surface area contributed by atoms with Gasteiger partial charge in [0, 0.05) is 0 Å². The lowest BCUT2D eigenvalue weighted by Crippen LogP contribution is -2.57. The summed E-state index contributed by atoms with van der Waals surface area (Å²) in [6.45, 7) is 8.04. The van der Waals surface area contributed by atoms with Crippen molar-refractivity contribution in [3.8, 4) is 0 Å². The van der Waals surface area contributed by atoms with Gasteiger partial charge in [0.05, 0.1) is 18.8 Å². The summed E-state index contributed by atoms with van der Waals surface area (Å²) in [6, 6.07) is 0. The summed E-state index contributed by atoms with van der Waals surface area (Å²) in [6.07, 6.45) is 9.22. The fraction of sp³-hybridized carbons (Fsp3) is 1.00. The monoisotopic (exact) mass is 266 g/mol. The van der Waals surface area contributed by atoms with Gasteiger partial charge in [-0.25, -0.2) is 0 Å². The summed E-state index contributed by atoms with van der Waals surface area (Å²) >= 11 is 0. The lowest BCUT2D eigenvalue weighted by atomic mass is 9.49. The molecule has 0 radical (unpaired) electrons. The van der Waals surface area contributed by atoms with E-state index in [-0.39, 0.29) is 12.2 Å². The Labute approximate surface area is 117 Å². The molecular weight excluding hydrogens is 236 g/mol. The Kier molecular flexibility index (Phi) is 3.26. The largest absolute Gasteiger partial charge is 0.394 e. The molecule has 3 aliphatic rings. The van der Waals surface area contributed by atoms with Crippen LogP contribution >= 0.6 is 0 Å². The molecule has 110 valence electrons. The Hall–Kier alpha value is -0.0800. The minimum Gasteiger partial charge on any atom is -0.394 e. The maximum absolute atomic E-state index is 9.17. The summed E-state index contributed by atoms with van der Waals surface area (Å²) in [5.74, 6) is 1.59. The SMILES string of the molecule is CC12CCCC(OCCO)(C1)C1CC(C)(C)C1CC2. The average Bonchev–Trinajstić information content (AvgIpc) is 2.40. The Morgan fingerprint density at radius 2 is 1.89 bits per heavy atom. The standard InChI is InChI=1S/C17H30O2/c1-15(2)11-14-13(15)5-8-16(3)6-4-7-17(14,12-16)19-10-9-18/h13-14,18H,4-12H2,1-3H3. The van der Waals surface area contributed by atoms with Gasteiger partial charge in [0.15, 0.2) is 0 Å². The van der Waals surface area contributed by atoms with Gasteiger partial charge in [-0.15, -0.1) is 0 Å². The van der Waals surface area contributed by atoms with Gasteiger partial charge in [-0.3, -0.25) is 0 Å². The predicted octanol–water partition coefficient (Wildman–Crippen LogP) is 3.77. The van der Waals surface area contributed by atoms with Gasteiger partial charge in [-0.1, -0.05) is 27.2 Å². The quantitative estimate of drug-likeness (QED) is 0.842. The Morgan fingerprint density at radius 1 is 1.11 bits per heavy atom. The van der Waals surface area contributed by atoms with Crippen LogP contribution in [0.2, 0.25) is 0 Å². The molecule has 0 aliphatic heterocycles. The van der Waals surface area contributed by atoms with Crippen molar-refractivity contribution >= 4 is 0 Å². The topological polar surface area (TPSA) is 29.5 Å². The number of aliphatic hydroxyl groups is 1. The molecule has 3 saturated carbocycles. The Balaban J connectivity index is 1.89. The fourth-order valence-electron chi connectivity index (χ4n) is 5.62. The number of rotatable bonds is 3. The van der Waals surface area contributed by atoms with Gasteiger partial charge in [0.1, 0.15) is 0 Å². The smallest absolute Gasteiger partial charge is 0.0720 e. The molecule has 0 aromatic heterocycles. The highest BCUT2D eigenvalue weighted by molar-refractivity contribution is 5.11. The van der Waals surface area contributed by atoms with Gasteiger partial charge >= 0.3 is 0 Å². The first-order valence-corrected chi connectivity index (χ1v) is 8.16. The maximum Gasteiger partial charge on any atom is 0.0720 e. The van der Waals surface area contributed by atoms with Crippen molar-refractivity contribution in [2.75, 3.05) is 13.2 Å². The zero-order valence-corrected chi connectivity index (χ0v) is 12.9. The molecule has 2 heteroatoms. The molecule has 0 aromatic rings. The maximum atomic E-state index is 9.17. The molecule has 0 saturated heterocycles. The highest BCUT2D eigenvalue weighted by atomic mass is 16.5. The molecule has 19 heavy (non-hydrogen) atoms. The van der Waals surface area contributed by atoms with Crippen molar-refractivity contribution in [3.63, 3.8) is 0 Å².